The third kappa shape index (κ3) is 1.93. The monoisotopic (exact) mass is 304 g/mol. The fourth-order valence-electron chi connectivity index (χ4n) is 2.37. The molecule has 0 unspecified atom stereocenters. The number of imide groups is 1. The van der Waals surface area contributed by atoms with Gasteiger partial charge in [0.05, 0.1) is 4.90 Å². The molecule has 1 heterocycles. The molecular formula is C14H12N2O4S. The average molecular weight is 304 g/mol. The highest BCUT2D eigenvalue weighted by atomic mass is 32.2. The molecule has 1 N–H and O–H groups in total. The molecule has 0 aliphatic carbocycles. The van der Waals surface area contributed by atoms with Crippen LogP contribution in [0.4, 0.5) is 0 Å². The smallest absolute Gasteiger partial charge is 0.258 e. The maximum Gasteiger partial charge on any atom is 0.258 e. The summed E-state index contributed by atoms with van der Waals surface area (Å²) >= 11 is 0. The predicted octanol–water partition coefficient (Wildman–Crippen LogP) is 0.974. The van der Waals surface area contributed by atoms with Crippen LogP contribution in [0.1, 0.15) is 20.7 Å². The third-order valence-corrected chi connectivity index (χ3v) is 5.24. The number of amides is 2. The minimum Gasteiger partial charge on any atom is -0.288 e. The maximum atomic E-state index is 12.2. The Labute approximate surface area is 121 Å². The van der Waals surface area contributed by atoms with Crippen molar-refractivity contribution in [2.75, 3.05) is 14.1 Å². The summed E-state index contributed by atoms with van der Waals surface area (Å²) in [6.07, 6.45) is 0. The van der Waals surface area contributed by atoms with Crippen molar-refractivity contribution in [1.82, 2.24) is 9.62 Å². The van der Waals surface area contributed by atoms with Crippen molar-refractivity contribution in [1.29, 1.82) is 0 Å². The molecule has 0 saturated heterocycles. The normalized spacial score (nSPS) is 14.6. The van der Waals surface area contributed by atoms with Crippen LogP contribution in [0.2, 0.25) is 0 Å². The van der Waals surface area contributed by atoms with Gasteiger partial charge in [0, 0.05) is 30.6 Å². The van der Waals surface area contributed by atoms with Gasteiger partial charge in [-0.1, -0.05) is 12.1 Å². The summed E-state index contributed by atoms with van der Waals surface area (Å²) in [5.41, 5.74) is 0.569. The fourth-order valence-corrected chi connectivity index (χ4v) is 3.33. The zero-order valence-electron chi connectivity index (χ0n) is 11.4. The van der Waals surface area contributed by atoms with Gasteiger partial charge >= 0.3 is 0 Å². The molecule has 0 fully saturated rings. The van der Waals surface area contributed by atoms with Gasteiger partial charge in [-0.15, -0.1) is 0 Å². The van der Waals surface area contributed by atoms with E-state index in [0.29, 0.717) is 16.3 Å². The first-order valence-electron chi connectivity index (χ1n) is 6.17. The van der Waals surface area contributed by atoms with E-state index in [-0.39, 0.29) is 10.5 Å². The fraction of sp³-hybridized carbons (Fsp3) is 0.143. The van der Waals surface area contributed by atoms with E-state index < -0.39 is 21.8 Å². The molecule has 1 aliphatic heterocycles. The van der Waals surface area contributed by atoms with Crippen molar-refractivity contribution in [2.45, 2.75) is 4.90 Å². The molecule has 0 aromatic heterocycles. The highest BCUT2D eigenvalue weighted by Crippen LogP contribution is 2.30. The second-order valence-electron chi connectivity index (χ2n) is 4.95. The number of hydrogen-bond acceptors (Lipinski definition) is 4. The second-order valence-corrected chi connectivity index (χ2v) is 7.10. The number of benzene rings is 2. The summed E-state index contributed by atoms with van der Waals surface area (Å²) < 4.78 is 25.6. The van der Waals surface area contributed by atoms with Crippen LogP contribution in [0, 0.1) is 0 Å². The van der Waals surface area contributed by atoms with Crippen LogP contribution >= 0.6 is 0 Å². The molecule has 7 heteroatoms. The van der Waals surface area contributed by atoms with Gasteiger partial charge in [-0.25, -0.2) is 12.7 Å². The summed E-state index contributed by atoms with van der Waals surface area (Å²) in [5, 5.41) is 3.26. The Kier molecular flexibility index (Phi) is 2.86. The number of sulfonamides is 1. The van der Waals surface area contributed by atoms with Gasteiger partial charge in [0.2, 0.25) is 10.0 Å². The predicted molar refractivity (Wildman–Crippen MR) is 76.6 cm³/mol. The summed E-state index contributed by atoms with van der Waals surface area (Å²) in [6.45, 7) is 0. The molecule has 2 amide bonds. The van der Waals surface area contributed by atoms with Crippen LogP contribution in [-0.4, -0.2) is 38.6 Å². The third-order valence-electron chi connectivity index (χ3n) is 3.45. The molecule has 1 aliphatic rings. The Morgan fingerprint density at radius 2 is 1.67 bits per heavy atom. The Bertz CT molecular complexity index is 901. The quantitative estimate of drug-likeness (QED) is 0.838. The minimum absolute atomic E-state index is 0.0247. The first-order chi connectivity index (χ1) is 9.82. The van der Waals surface area contributed by atoms with Crippen LogP contribution in [0.25, 0.3) is 10.8 Å². The van der Waals surface area contributed by atoms with Crippen LogP contribution in [-0.2, 0) is 10.0 Å². The van der Waals surface area contributed by atoms with Gasteiger partial charge in [-0.2, -0.15) is 0 Å². The largest absolute Gasteiger partial charge is 0.288 e. The standard InChI is InChI=1S/C14H12N2O4S/c1-16(2)21(19,20)9-6-8-4-3-5-10-12(8)11(7-9)14(18)15-13(10)17/h3-7H,1-2H3,(H,15,17,18). The van der Waals surface area contributed by atoms with E-state index in [1.165, 1.54) is 26.2 Å². The summed E-state index contributed by atoms with van der Waals surface area (Å²) in [6, 6.07) is 7.73. The zero-order valence-corrected chi connectivity index (χ0v) is 12.2. The molecule has 3 rings (SSSR count). The maximum absolute atomic E-state index is 12.2. The van der Waals surface area contributed by atoms with Crippen molar-refractivity contribution in [3.8, 4) is 0 Å². The molecule has 6 nitrogen and oxygen atoms in total. The van der Waals surface area contributed by atoms with Crippen molar-refractivity contribution in [2.24, 2.45) is 0 Å². The van der Waals surface area contributed by atoms with E-state index in [2.05, 4.69) is 5.32 Å². The number of nitrogens with zero attached hydrogens (tertiary/aromatic N) is 1. The molecule has 0 bridgehead atoms. The van der Waals surface area contributed by atoms with Gasteiger partial charge in [0.15, 0.2) is 0 Å². The molecule has 0 atom stereocenters. The van der Waals surface area contributed by atoms with Crippen molar-refractivity contribution in [3.05, 3.63) is 41.5 Å². The highest BCUT2D eigenvalue weighted by molar-refractivity contribution is 7.89. The van der Waals surface area contributed by atoms with E-state index in [0.717, 1.165) is 4.31 Å². The highest BCUT2D eigenvalue weighted by Gasteiger charge is 2.28. The molecule has 0 spiro atoms. The Morgan fingerprint density at radius 1 is 1.00 bits per heavy atom. The first kappa shape index (κ1) is 13.7. The van der Waals surface area contributed by atoms with Crippen LogP contribution in [0.3, 0.4) is 0 Å². The number of carbonyl (C=O) groups excluding carboxylic acids is 2. The number of hydrogen-bond donors (Lipinski definition) is 1. The van der Waals surface area contributed by atoms with Crippen LogP contribution in [0.15, 0.2) is 35.2 Å². The molecular weight excluding hydrogens is 292 g/mol. The van der Waals surface area contributed by atoms with Crippen molar-refractivity contribution in [3.63, 3.8) is 0 Å². The number of nitrogens with one attached hydrogen (secondary N) is 1. The second kappa shape index (κ2) is 4.37. The van der Waals surface area contributed by atoms with E-state index in [9.17, 15) is 18.0 Å². The lowest BCUT2D eigenvalue weighted by atomic mass is 9.95. The number of carbonyl (C=O) groups is 2. The first-order valence-corrected chi connectivity index (χ1v) is 7.61. The van der Waals surface area contributed by atoms with Gasteiger partial charge in [-0.05, 0) is 23.6 Å². The number of rotatable bonds is 2. The molecule has 108 valence electrons. The van der Waals surface area contributed by atoms with E-state index in [1.807, 2.05) is 0 Å². The lowest BCUT2D eigenvalue weighted by Gasteiger charge is -2.19. The lowest BCUT2D eigenvalue weighted by Crippen LogP contribution is -2.35. The van der Waals surface area contributed by atoms with Crippen LogP contribution in [0.5, 0.6) is 0 Å². The molecule has 2 aromatic rings. The Hall–Kier alpha value is -2.25. The van der Waals surface area contributed by atoms with Gasteiger partial charge in [-0.3, -0.25) is 14.9 Å². The van der Waals surface area contributed by atoms with E-state index in [4.69, 9.17) is 0 Å². The molecule has 0 radical (unpaired) electrons. The Morgan fingerprint density at radius 3 is 2.33 bits per heavy atom. The lowest BCUT2D eigenvalue weighted by molar-refractivity contribution is 0.0845. The summed E-state index contributed by atoms with van der Waals surface area (Å²) in [5.74, 6) is -1.05. The van der Waals surface area contributed by atoms with Gasteiger partial charge < -0.3 is 0 Å². The molecule has 0 saturated carbocycles. The average Bonchev–Trinajstić information content (AvgIpc) is 2.43. The Balaban J connectivity index is 2.42. The zero-order chi connectivity index (χ0) is 15.4. The van der Waals surface area contributed by atoms with E-state index >= 15 is 0 Å². The van der Waals surface area contributed by atoms with E-state index in [1.54, 1.807) is 18.2 Å². The SMILES string of the molecule is CN(C)S(=O)(=O)c1cc2c3c(cccc3c1)C(=O)NC2=O. The van der Waals surface area contributed by atoms with Crippen molar-refractivity contribution < 1.29 is 18.0 Å². The van der Waals surface area contributed by atoms with Gasteiger partial charge in [0.25, 0.3) is 11.8 Å². The molecule has 2 aromatic carbocycles. The van der Waals surface area contributed by atoms with Gasteiger partial charge in [0.1, 0.15) is 0 Å². The summed E-state index contributed by atoms with van der Waals surface area (Å²) in [7, 11) is -0.815. The summed E-state index contributed by atoms with van der Waals surface area (Å²) in [4.78, 5) is 23.8. The topological polar surface area (TPSA) is 83.6 Å². The minimum atomic E-state index is -3.66. The van der Waals surface area contributed by atoms with Crippen LogP contribution < -0.4 is 5.32 Å². The van der Waals surface area contributed by atoms with Crippen molar-refractivity contribution >= 4 is 32.6 Å². The molecule has 21 heavy (non-hydrogen) atoms.